The molecule has 0 atom stereocenters. The standard InChI is InChI=1S/C21H18N2O4/c24-20(13-15-23-21(25)16-6-2-1-3-7-16)27-18-11-9-17(10-12-18)26-19-8-4-5-14-22-19/h1-12,14H,13,15H2,(H,23,25). The lowest BCUT2D eigenvalue weighted by Gasteiger charge is -2.07. The summed E-state index contributed by atoms with van der Waals surface area (Å²) in [6.07, 6.45) is 1.72. The SMILES string of the molecule is O=C(CCNC(=O)c1ccccc1)Oc1ccc(Oc2ccccn2)cc1. The summed E-state index contributed by atoms with van der Waals surface area (Å²) in [5.41, 5.74) is 0.550. The van der Waals surface area contributed by atoms with Crippen molar-refractivity contribution in [2.75, 3.05) is 6.54 Å². The van der Waals surface area contributed by atoms with Gasteiger partial charge in [-0.25, -0.2) is 4.98 Å². The Kier molecular flexibility index (Phi) is 6.14. The van der Waals surface area contributed by atoms with Crippen LogP contribution in [0.15, 0.2) is 79.0 Å². The number of nitrogens with zero attached hydrogens (tertiary/aromatic N) is 1. The van der Waals surface area contributed by atoms with Crippen molar-refractivity contribution < 1.29 is 19.1 Å². The van der Waals surface area contributed by atoms with E-state index in [4.69, 9.17) is 9.47 Å². The normalized spacial score (nSPS) is 10.1. The predicted molar refractivity (Wildman–Crippen MR) is 99.8 cm³/mol. The van der Waals surface area contributed by atoms with E-state index >= 15 is 0 Å². The number of carbonyl (C=O) groups is 2. The monoisotopic (exact) mass is 362 g/mol. The van der Waals surface area contributed by atoms with Crippen molar-refractivity contribution in [3.8, 4) is 17.4 Å². The quantitative estimate of drug-likeness (QED) is 0.513. The molecule has 6 heteroatoms. The molecule has 0 aliphatic rings. The summed E-state index contributed by atoms with van der Waals surface area (Å²) >= 11 is 0. The molecule has 1 amide bonds. The second kappa shape index (κ2) is 9.15. The molecule has 3 aromatic rings. The van der Waals surface area contributed by atoms with Gasteiger partial charge >= 0.3 is 5.97 Å². The van der Waals surface area contributed by atoms with Gasteiger partial charge in [-0.15, -0.1) is 0 Å². The maximum absolute atomic E-state index is 11.9. The van der Waals surface area contributed by atoms with Crippen LogP contribution in [0.25, 0.3) is 0 Å². The van der Waals surface area contributed by atoms with Gasteiger partial charge in [-0.2, -0.15) is 0 Å². The van der Waals surface area contributed by atoms with E-state index in [0.717, 1.165) is 0 Å². The number of carbonyl (C=O) groups excluding carboxylic acids is 2. The summed E-state index contributed by atoms with van der Waals surface area (Å²) in [5.74, 6) is 0.823. The van der Waals surface area contributed by atoms with Crippen molar-refractivity contribution >= 4 is 11.9 Å². The van der Waals surface area contributed by atoms with E-state index in [0.29, 0.717) is 22.9 Å². The van der Waals surface area contributed by atoms with Crippen molar-refractivity contribution in [1.82, 2.24) is 10.3 Å². The second-order valence-electron chi connectivity index (χ2n) is 5.59. The lowest BCUT2D eigenvalue weighted by Crippen LogP contribution is -2.27. The van der Waals surface area contributed by atoms with Gasteiger partial charge in [0.2, 0.25) is 5.88 Å². The Balaban J connectivity index is 1.43. The molecule has 6 nitrogen and oxygen atoms in total. The van der Waals surface area contributed by atoms with Gasteiger partial charge in [0.15, 0.2) is 0 Å². The zero-order valence-corrected chi connectivity index (χ0v) is 14.5. The molecule has 136 valence electrons. The molecule has 0 aliphatic carbocycles. The van der Waals surface area contributed by atoms with Crippen LogP contribution in [0.4, 0.5) is 0 Å². The smallest absolute Gasteiger partial charge is 0.312 e. The Hall–Kier alpha value is -3.67. The minimum Gasteiger partial charge on any atom is -0.439 e. The molecule has 1 N–H and O–H groups in total. The number of benzene rings is 2. The number of rotatable bonds is 7. The van der Waals surface area contributed by atoms with Gasteiger partial charge in [0.25, 0.3) is 5.91 Å². The first kappa shape index (κ1) is 18.1. The van der Waals surface area contributed by atoms with Crippen LogP contribution < -0.4 is 14.8 Å². The highest BCUT2D eigenvalue weighted by molar-refractivity contribution is 5.94. The minimum absolute atomic E-state index is 0.0742. The predicted octanol–water partition coefficient (Wildman–Crippen LogP) is 3.60. The fourth-order valence-electron chi connectivity index (χ4n) is 2.26. The molecule has 1 heterocycles. The largest absolute Gasteiger partial charge is 0.439 e. The molecule has 0 saturated carbocycles. The topological polar surface area (TPSA) is 77.5 Å². The Bertz CT molecular complexity index is 881. The summed E-state index contributed by atoms with van der Waals surface area (Å²) in [5, 5.41) is 2.69. The van der Waals surface area contributed by atoms with Gasteiger partial charge in [0, 0.05) is 24.4 Å². The number of aromatic nitrogens is 1. The van der Waals surface area contributed by atoms with Gasteiger partial charge in [0.05, 0.1) is 6.42 Å². The average molecular weight is 362 g/mol. The Morgan fingerprint density at radius 1 is 0.852 bits per heavy atom. The third-order valence-electron chi connectivity index (χ3n) is 3.57. The van der Waals surface area contributed by atoms with Crippen molar-refractivity contribution in [3.05, 3.63) is 84.6 Å². The fraction of sp³-hybridized carbons (Fsp3) is 0.0952. The van der Waals surface area contributed by atoms with Gasteiger partial charge in [-0.3, -0.25) is 9.59 Å². The van der Waals surface area contributed by atoms with E-state index in [1.165, 1.54) is 0 Å². The van der Waals surface area contributed by atoms with E-state index in [1.807, 2.05) is 12.1 Å². The molecule has 0 bridgehead atoms. The Morgan fingerprint density at radius 2 is 1.56 bits per heavy atom. The van der Waals surface area contributed by atoms with Gasteiger partial charge in [-0.05, 0) is 42.5 Å². The summed E-state index contributed by atoms with van der Waals surface area (Å²) in [4.78, 5) is 27.9. The molecular formula is C21H18N2O4. The van der Waals surface area contributed by atoms with Crippen LogP contribution in [-0.2, 0) is 4.79 Å². The second-order valence-corrected chi connectivity index (χ2v) is 5.59. The number of hydrogen-bond donors (Lipinski definition) is 1. The first-order chi connectivity index (χ1) is 13.2. The highest BCUT2D eigenvalue weighted by atomic mass is 16.5. The van der Waals surface area contributed by atoms with Crippen LogP contribution in [0, 0.1) is 0 Å². The van der Waals surface area contributed by atoms with E-state index in [-0.39, 0.29) is 18.9 Å². The van der Waals surface area contributed by atoms with Gasteiger partial charge in [-0.1, -0.05) is 24.3 Å². The maximum Gasteiger partial charge on any atom is 0.312 e. The minimum atomic E-state index is -0.429. The van der Waals surface area contributed by atoms with Gasteiger partial charge < -0.3 is 14.8 Å². The molecule has 0 aliphatic heterocycles. The van der Waals surface area contributed by atoms with Crippen LogP contribution in [-0.4, -0.2) is 23.4 Å². The van der Waals surface area contributed by atoms with Crippen molar-refractivity contribution in [2.45, 2.75) is 6.42 Å². The molecule has 0 spiro atoms. The highest BCUT2D eigenvalue weighted by Crippen LogP contribution is 2.22. The van der Waals surface area contributed by atoms with E-state index in [1.54, 1.807) is 66.9 Å². The molecule has 0 fully saturated rings. The molecule has 2 aromatic carbocycles. The van der Waals surface area contributed by atoms with Crippen LogP contribution in [0.2, 0.25) is 0 Å². The molecule has 3 rings (SSSR count). The number of amides is 1. The molecule has 0 saturated heterocycles. The average Bonchev–Trinajstić information content (AvgIpc) is 2.71. The molecule has 0 radical (unpaired) electrons. The number of nitrogens with one attached hydrogen (secondary N) is 1. The van der Waals surface area contributed by atoms with Crippen LogP contribution in [0.1, 0.15) is 16.8 Å². The van der Waals surface area contributed by atoms with E-state index in [2.05, 4.69) is 10.3 Å². The maximum atomic E-state index is 11.9. The van der Waals surface area contributed by atoms with Gasteiger partial charge in [0.1, 0.15) is 11.5 Å². The summed E-state index contributed by atoms with van der Waals surface area (Å²) < 4.78 is 10.8. The number of ether oxygens (including phenoxy) is 2. The Morgan fingerprint density at radius 3 is 2.26 bits per heavy atom. The van der Waals surface area contributed by atoms with Crippen molar-refractivity contribution in [3.63, 3.8) is 0 Å². The molecule has 27 heavy (non-hydrogen) atoms. The lowest BCUT2D eigenvalue weighted by atomic mass is 10.2. The van der Waals surface area contributed by atoms with E-state index in [9.17, 15) is 9.59 Å². The molecular weight excluding hydrogens is 344 g/mol. The van der Waals surface area contributed by atoms with Crippen LogP contribution >= 0.6 is 0 Å². The summed E-state index contributed by atoms with van der Waals surface area (Å²) in [6.45, 7) is 0.202. The third-order valence-corrected chi connectivity index (χ3v) is 3.57. The summed E-state index contributed by atoms with van der Waals surface area (Å²) in [7, 11) is 0. The molecule has 1 aromatic heterocycles. The zero-order chi connectivity index (χ0) is 18.9. The Labute approximate surface area is 156 Å². The zero-order valence-electron chi connectivity index (χ0n) is 14.5. The fourth-order valence-corrected chi connectivity index (χ4v) is 2.26. The lowest BCUT2D eigenvalue weighted by molar-refractivity contribution is -0.134. The van der Waals surface area contributed by atoms with Crippen LogP contribution in [0.5, 0.6) is 17.4 Å². The highest BCUT2D eigenvalue weighted by Gasteiger charge is 2.08. The van der Waals surface area contributed by atoms with Crippen LogP contribution in [0.3, 0.4) is 0 Å². The first-order valence-corrected chi connectivity index (χ1v) is 8.43. The molecule has 0 unspecified atom stereocenters. The first-order valence-electron chi connectivity index (χ1n) is 8.43. The third kappa shape index (κ3) is 5.67. The summed E-state index contributed by atoms with van der Waals surface area (Å²) in [6, 6.07) is 20.9. The number of pyridine rings is 1. The number of hydrogen-bond acceptors (Lipinski definition) is 5. The number of esters is 1. The van der Waals surface area contributed by atoms with E-state index < -0.39 is 5.97 Å². The van der Waals surface area contributed by atoms with Crippen molar-refractivity contribution in [2.24, 2.45) is 0 Å². The van der Waals surface area contributed by atoms with Crippen molar-refractivity contribution in [1.29, 1.82) is 0 Å².